The summed E-state index contributed by atoms with van der Waals surface area (Å²) in [6, 6.07) is 16.4. The molecule has 1 fully saturated rings. The lowest BCUT2D eigenvalue weighted by atomic mass is 10.2. The minimum atomic E-state index is 0.0923. The molecule has 5 nitrogen and oxygen atoms in total. The molecule has 4 aromatic rings. The summed E-state index contributed by atoms with van der Waals surface area (Å²) in [5, 5.41) is 10.7. The molecule has 0 bridgehead atoms. The number of hydrogen-bond donors (Lipinski definition) is 0. The molecule has 2 heterocycles. The van der Waals surface area contributed by atoms with Crippen LogP contribution in [-0.2, 0) is 13.1 Å². The first kappa shape index (κ1) is 20.3. The maximum absolute atomic E-state index is 6.26. The van der Waals surface area contributed by atoms with Crippen molar-refractivity contribution in [3.8, 4) is 0 Å². The number of hydrogen-bond acceptors (Lipinski definition) is 4. The Morgan fingerprint density at radius 1 is 1.16 bits per heavy atom. The summed E-state index contributed by atoms with van der Waals surface area (Å²) in [5.74, 6) is 2.63. The first-order chi connectivity index (χ1) is 15.1. The van der Waals surface area contributed by atoms with Gasteiger partial charge in [0.05, 0.1) is 16.3 Å². The smallest absolute Gasteiger partial charge is 0.192 e. The van der Waals surface area contributed by atoms with Crippen molar-refractivity contribution in [2.24, 2.45) is 0 Å². The zero-order valence-electron chi connectivity index (χ0n) is 17.4. The van der Waals surface area contributed by atoms with Gasteiger partial charge in [0.25, 0.3) is 0 Å². The minimum Gasteiger partial charge on any atom is -0.323 e. The molecule has 5 rings (SSSR count). The van der Waals surface area contributed by atoms with Crippen molar-refractivity contribution < 1.29 is 0 Å². The molecule has 7 heteroatoms. The summed E-state index contributed by atoms with van der Waals surface area (Å²) in [6.07, 6.45) is 4.31. The fourth-order valence-corrected chi connectivity index (χ4v) is 5.06. The van der Waals surface area contributed by atoms with Gasteiger partial charge in [-0.1, -0.05) is 59.8 Å². The Labute approximate surface area is 191 Å². The third kappa shape index (κ3) is 4.14. The van der Waals surface area contributed by atoms with Crippen LogP contribution >= 0.6 is 23.4 Å². The Hall–Kier alpha value is -2.57. The highest BCUT2D eigenvalue weighted by atomic mass is 35.5. The van der Waals surface area contributed by atoms with Crippen molar-refractivity contribution in [3.05, 3.63) is 83.4 Å². The van der Waals surface area contributed by atoms with Crippen LogP contribution in [0.2, 0.25) is 5.02 Å². The van der Waals surface area contributed by atoms with Crippen molar-refractivity contribution in [2.45, 2.75) is 49.2 Å². The Kier molecular flexibility index (Phi) is 5.59. The van der Waals surface area contributed by atoms with Gasteiger partial charge in [0.2, 0.25) is 0 Å². The van der Waals surface area contributed by atoms with E-state index in [0.717, 1.165) is 40.9 Å². The molecule has 1 atom stereocenters. The van der Waals surface area contributed by atoms with E-state index in [0.29, 0.717) is 10.9 Å². The summed E-state index contributed by atoms with van der Waals surface area (Å²) in [7, 11) is 0. The van der Waals surface area contributed by atoms with Gasteiger partial charge in [-0.15, -0.1) is 16.8 Å². The van der Waals surface area contributed by atoms with Crippen LogP contribution in [0.15, 0.2) is 66.3 Å². The van der Waals surface area contributed by atoms with E-state index in [1.165, 1.54) is 18.4 Å². The van der Waals surface area contributed by atoms with Gasteiger partial charge < -0.3 is 9.13 Å². The van der Waals surface area contributed by atoms with Gasteiger partial charge in [-0.25, -0.2) is 4.98 Å². The zero-order chi connectivity index (χ0) is 21.4. The molecule has 1 unspecified atom stereocenters. The third-order valence-electron chi connectivity index (χ3n) is 5.57. The summed E-state index contributed by atoms with van der Waals surface area (Å²) < 4.78 is 4.49. The monoisotopic (exact) mass is 449 g/mol. The fourth-order valence-electron chi connectivity index (χ4n) is 3.91. The number of thioether (sulfide) groups is 1. The number of halogens is 1. The van der Waals surface area contributed by atoms with Crippen molar-refractivity contribution in [2.75, 3.05) is 0 Å². The minimum absolute atomic E-state index is 0.0923. The van der Waals surface area contributed by atoms with E-state index in [-0.39, 0.29) is 5.25 Å². The molecule has 0 amide bonds. The predicted octanol–water partition coefficient (Wildman–Crippen LogP) is 6.25. The number of rotatable bonds is 8. The maximum Gasteiger partial charge on any atom is 0.192 e. The van der Waals surface area contributed by atoms with E-state index in [9.17, 15) is 0 Å². The Morgan fingerprint density at radius 2 is 1.97 bits per heavy atom. The van der Waals surface area contributed by atoms with Crippen LogP contribution < -0.4 is 0 Å². The molecular formula is C24H24ClN5S. The topological polar surface area (TPSA) is 48.5 Å². The normalized spacial score (nSPS) is 14.8. The zero-order valence-corrected chi connectivity index (χ0v) is 19.0. The fraction of sp³-hybridized carbons (Fsp3) is 0.292. The molecule has 2 aromatic heterocycles. The number of fused-ring (bicyclic) bond motifs is 1. The molecule has 1 saturated carbocycles. The highest BCUT2D eigenvalue weighted by molar-refractivity contribution is 7.99. The molecule has 1 aliphatic rings. The SMILES string of the molecule is C=CCn1c(SC(C)c2nc3cc(Cl)ccc3n2Cc2ccccc2)nnc1C1CC1. The van der Waals surface area contributed by atoms with E-state index >= 15 is 0 Å². The molecule has 2 aromatic carbocycles. The van der Waals surface area contributed by atoms with Gasteiger partial charge in [0.15, 0.2) is 5.16 Å². The second-order valence-electron chi connectivity index (χ2n) is 7.95. The van der Waals surface area contributed by atoms with Gasteiger partial charge in [0, 0.05) is 24.0 Å². The average molecular weight is 450 g/mol. The second-order valence-corrected chi connectivity index (χ2v) is 9.69. The number of nitrogens with zero attached hydrogens (tertiary/aromatic N) is 5. The van der Waals surface area contributed by atoms with Crippen LogP contribution in [0.4, 0.5) is 0 Å². The Balaban J connectivity index is 1.52. The van der Waals surface area contributed by atoms with Gasteiger partial charge in [-0.05, 0) is 43.5 Å². The molecule has 0 spiro atoms. The molecular weight excluding hydrogens is 426 g/mol. The van der Waals surface area contributed by atoms with E-state index in [1.54, 1.807) is 11.8 Å². The van der Waals surface area contributed by atoms with Gasteiger partial charge in [0.1, 0.15) is 11.6 Å². The maximum atomic E-state index is 6.26. The average Bonchev–Trinajstić information content (AvgIpc) is 3.45. The highest BCUT2D eigenvalue weighted by Gasteiger charge is 2.31. The number of allylic oxidation sites excluding steroid dienone is 1. The number of benzene rings is 2. The lowest BCUT2D eigenvalue weighted by Gasteiger charge is -2.15. The van der Waals surface area contributed by atoms with E-state index in [4.69, 9.17) is 16.6 Å². The number of aromatic nitrogens is 5. The predicted molar refractivity (Wildman–Crippen MR) is 127 cm³/mol. The van der Waals surface area contributed by atoms with Crippen LogP contribution in [0, 0.1) is 0 Å². The summed E-state index contributed by atoms with van der Waals surface area (Å²) in [4.78, 5) is 4.98. The van der Waals surface area contributed by atoms with Crippen LogP contribution in [0.5, 0.6) is 0 Å². The molecule has 0 radical (unpaired) electrons. The van der Waals surface area contributed by atoms with Crippen molar-refractivity contribution in [1.82, 2.24) is 24.3 Å². The lowest BCUT2D eigenvalue weighted by molar-refractivity contribution is 0.677. The lowest BCUT2D eigenvalue weighted by Crippen LogP contribution is -2.08. The largest absolute Gasteiger partial charge is 0.323 e. The third-order valence-corrected chi connectivity index (χ3v) is 6.88. The van der Waals surface area contributed by atoms with E-state index in [1.807, 2.05) is 24.3 Å². The van der Waals surface area contributed by atoms with Crippen LogP contribution in [-0.4, -0.2) is 24.3 Å². The molecule has 31 heavy (non-hydrogen) atoms. The summed E-state index contributed by atoms with van der Waals surface area (Å²) in [5.41, 5.74) is 3.24. The summed E-state index contributed by atoms with van der Waals surface area (Å²) >= 11 is 7.96. The van der Waals surface area contributed by atoms with Crippen molar-refractivity contribution in [3.63, 3.8) is 0 Å². The molecule has 1 aliphatic carbocycles. The van der Waals surface area contributed by atoms with Crippen molar-refractivity contribution >= 4 is 34.4 Å². The highest BCUT2D eigenvalue weighted by Crippen LogP contribution is 2.42. The first-order valence-electron chi connectivity index (χ1n) is 10.5. The Bertz CT molecular complexity index is 1230. The second kappa shape index (κ2) is 8.52. The first-order valence-corrected chi connectivity index (χ1v) is 11.8. The van der Waals surface area contributed by atoms with Crippen LogP contribution in [0.1, 0.15) is 48.1 Å². The molecule has 0 N–H and O–H groups in total. The van der Waals surface area contributed by atoms with Gasteiger partial charge >= 0.3 is 0 Å². The van der Waals surface area contributed by atoms with Crippen LogP contribution in [0.3, 0.4) is 0 Å². The quantitative estimate of drug-likeness (QED) is 0.236. The standard InChI is InChI=1S/C24H24ClN5S/c1-3-13-29-23(18-9-10-18)27-28-24(29)31-16(2)22-26-20-14-19(25)11-12-21(20)30(22)15-17-7-5-4-6-8-17/h3-8,11-12,14,16,18H,1,9-10,13,15H2,2H3. The van der Waals surface area contributed by atoms with Crippen LogP contribution in [0.25, 0.3) is 11.0 Å². The molecule has 0 saturated heterocycles. The Morgan fingerprint density at radius 3 is 2.71 bits per heavy atom. The van der Waals surface area contributed by atoms with Crippen molar-refractivity contribution in [1.29, 1.82) is 0 Å². The molecule has 158 valence electrons. The summed E-state index contributed by atoms with van der Waals surface area (Å²) in [6.45, 7) is 7.58. The van der Waals surface area contributed by atoms with Gasteiger partial charge in [-0.3, -0.25) is 0 Å². The van der Waals surface area contributed by atoms with E-state index in [2.05, 4.69) is 63.2 Å². The van der Waals surface area contributed by atoms with E-state index < -0.39 is 0 Å². The number of imidazole rings is 1. The van der Waals surface area contributed by atoms with Gasteiger partial charge in [-0.2, -0.15) is 0 Å². The molecule has 0 aliphatic heterocycles.